The van der Waals surface area contributed by atoms with E-state index in [1.165, 1.54) is 0 Å². The van der Waals surface area contributed by atoms with Gasteiger partial charge < -0.3 is 10.5 Å². The highest BCUT2D eigenvalue weighted by molar-refractivity contribution is 6.33. The molecule has 16 heavy (non-hydrogen) atoms. The molecule has 0 unspecified atom stereocenters. The van der Waals surface area contributed by atoms with Crippen molar-refractivity contribution in [2.24, 2.45) is 5.73 Å². The molecule has 0 radical (unpaired) electrons. The van der Waals surface area contributed by atoms with E-state index in [2.05, 4.69) is 6.58 Å². The first-order valence-corrected chi connectivity index (χ1v) is 5.76. The molecule has 1 aromatic carbocycles. The highest BCUT2D eigenvalue weighted by Crippen LogP contribution is 2.47. The van der Waals surface area contributed by atoms with Gasteiger partial charge in [-0.25, -0.2) is 0 Å². The van der Waals surface area contributed by atoms with Crippen LogP contribution in [0.1, 0.15) is 25.3 Å². The van der Waals surface area contributed by atoms with Crippen LogP contribution in [0, 0.1) is 0 Å². The Bertz CT molecular complexity index is 424. The van der Waals surface area contributed by atoms with Gasteiger partial charge in [-0.3, -0.25) is 0 Å². The summed E-state index contributed by atoms with van der Waals surface area (Å²) in [6.07, 6.45) is 1.99. The van der Waals surface area contributed by atoms with Gasteiger partial charge in [0.2, 0.25) is 0 Å². The molecule has 0 spiro atoms. The van der Waals surface area contributed by atoms with Gasteiger partial charge in [-0.1, -0.05) is 30.3 Å². The summed E-state index contributed by atoms with van der Waals surface area (Å²) in [5, 5.41) is 0.642. The molecule has 1 saturated carbocycles. The Morgan fingerprint density at radius 1 is 1.56 bits per heavy atom. The van der Waals surface area contributed by atoms with E-state index in [0.717, 1.165) is 24.0 Å². The zero-order valence-electron chi connectivity index (χ0n) is 9.42. The normalized spacial score (nSPS) is 16.9. The van der Waals surface area contributed by atoms with E-state index in [4.69, 9.17) is 22.1 Å². The van der Waals surface area contributed by atoms with Crippen molar-refractivity contribution in [2.75, 3.05) is 6.61 Å². The number of hydrogen-bond acceptors (Lipinski definition) is 2. The first-order valence-electron chi connectivity index (χ1n) is 5.38. The minimum absolute atomic E-state index is 0.223. The number of hydrogen-bond donors (Lipinski definition) is 1. The second-order valence-corrected chi connectivity index (χ2v) is 4.90. The monoisotopic (exact) mass is 237 g/mol. The standard InChI is InChI=1S/C13H16ClNO/c1-9(2)8-16-11-5-3-4-10(12(11)14)13(15)6-7-13/h3-5H,1,6-8,15H2,2H3. The minimum Gasteiger partial charge on any atom is -0.488 e. The van der Waals surface area contributed by atoms with Crippen molar-refractivity contribution >= 4 is 11.6 Å². The van der Waals surface area contributed by atoms with Crippen molar-refractivity contribution in [3.05, 3.63) is 40.9 Å². The van der Waals surface area contributed by atoms with Gasteiger partial charge in [0.25, 0.3) is 0 Å². The van der Waals surface area contributed by atoms with Gasteiger partial charge >= 0.3 is 0 Å². The zero-order chi connectivity index (χ0) is 11.8. The highest BCUT2D eigenvalue weighted by Gasteiger charge is 2.41. The molecule has 2 rings (SSSR count). The summed E-state index contributed by atoms with van der Waals surface area (Å²) >= 11 is 6.28. The maximum atomic E-state index is 6.28. The third-order valence-electron chi connectivity index (χ3n) is 2.76. The van der Waals surface area contributed by atoms with Crippen molar-refractivity contribution in [3.8, 4) is 5.75 Å². The average molecular weight is 238 g/mol. The topological polar surface area (TPSA) is 35.2 Å². The summed E-state index contributed by atoms with van der Waals surface area (Å²) in [5.74, 6) is 0.693. The maximum Gasteiger partial charge on any atom is 0.138 e. The molecule has 1 aliphatic carbocycles. The third-order valence-corrected chi connectivity index (χ3v) is 3.15. The van der Waals surface area contributed by atoms with E-state index in [0.29, 0.717) is 17.4 Å². The number of benzene rings is 1. The summed E-state index contributed by atoms with van der Waals surface area (Å²) < 4.78 is 5.57. The van der Waals surface area contributed by atoms with E-state index in [1.807, 2.05) is 25.1 Å². The van der Waals surface area contributed by atoms with E-state index < -0.39 is 0 Å². The van der Waals surface area contributed by atoms with Crippen molar-refractivity contribution < 1.29 is 4.74 Å². The first-order chi connectivity index (χ1) is 7.53. The fourth-order valence-corrected chi connectivity index (χ4v) is 1.98. The maximum absolute atomic E-state index is 6.28. The van der Waals surface area contributed by atoms with Gasteiger partial charge in [-0.2, -0.15) is 0 Å². The van der Waals surface area contributed by atoms with Crippen LogP contribution in [0.3, 0.4) is 0 Å². The molecule has 1 fully saturated rings. The predicted octanol–water partition coefficient (Wildman–Crippen LogP) is 3.24. The molecule has 2 N–H and O–H groups in total. The lowest BCUT2D eigenvalue weighted by atomic mass is 10.1. The molecule has 0 saturated heterocycles. The minimum atomic E-state index is -0.223. The van der Waals surface area contributed by atoms with Crippen LogP contribution >= 0.6 is 11.6 Å². The molecule has 0 heterocycles. The summed E-state index contributed by atoms with van der Waals surface area (Å²) in [6.45, 7) is 6.20. The molecule has 1 aromatic rings. The third kappa shape index (κ3) is 2.23. The molecule has 0 bridgehead atoms. The van der Waals surface area contributed by atoms with Crippen LogP contribution in [-0.2, 0) is 5.54 Å². The fraction of sp³-hybridized carbons (Fsp3) is 0.385. The van der Waals surface area contributed by atoms with Crippen LogP contribution in [0.15, 0.2) is 30.4 Å². The van der Waals surface area contributed by atoms with E-state index in [1.54, 1.807) is 0 Å². The van der Waals surface area contributed by atoms with Crippen LogP contribution in [0.5, 0.6) is 5.75 Å². The number of ether oxygens (including phenoxy) is 1. The number of rotatable bonds is 4. The van der Waals surface area contributed by atoms with Gasteiger partial charge in [-0.05, 0) is 37.0 Å². The molecule has 3 heteroatoms. The molecule has 0 amide bonds. The molecule has 2 nitrogen and oxygen atoms in total. The zero-order valence-corrected chi connectivity index (χ0v) is 10.2. The lowest BCUT2D eigenvalue weighted by Crippen LogP contribution is -2.19. The Kier molecular flexibility index (Phi) is 2.96. The van der Waals surface area contributed by atoms with E-state index in [-0.39, 0.29) is 5.54 Å². The van der Waals surface area contributed by atoms with Crippen LogP contribution < -0.4 is 10.5 Å². The van der Waals surface area contributed by atoms with E-state index in [9.17, 15) is 0 Å². The second-order valence-electron chi connectivity index (χ2n) is 4.52. The quantitative estimate of drug-likeness (QED) is 0.816. The summed E-state index contributed by atoms with van der Waals surface area (Å²) in [6, 6.07) is 5.77. The summed E-state index contributed by atoms with van der Waals surface area (Å²) in [7, 11) is 0. The number of halogens is 1. The van der Waals surface area contributed by atoms with Crippen LogP contribution in [0.2, 0.25) is 5.02 Å². The molecule has 1 aliphatic rings. The Morgan fingerprint density at radius 2 is 2.25 bits per heavy atom. The average Bonchev–Trinajstić information content (AvgIpc) is 2.96. The van der Waals surface area contributed by atoms with Crippen molar-refractivity contribution in [1.29, 1.82) is 0 Å². The Labute approximate surface area is 101 Å². The largest absolute Gasteiger partial charge is 0.488 e. The van der Waals surface area contributed by atoms with Crippen molar-refractivity contribution in [3.63, 3.8) is 0 Å². The Hall–Kier alpha value is -0.990. The molecule has 0 aromatic heterocycles. The molecular formula is C13H16ClNO. The van der Waals surface area contributed by atoms with Gasteiger partial charge in [0.05, 0.1) is 5.02 Å². The highest BCUT2D eigenvalue weighted by atomic mass is 35.5. The van der Waals surface area contributed by atoms with Gasteiger partial charge in [-0.15, -0.1) is 0 Å². The van der Waals surface area contributed by atoms with Crippen molar-refractivity contribution in [1.82, 2.24) is 0 Å². The Balaban J connectivity index is 2.23. The van der Waals surface area contributed by atoms with Gasteiger partial charge in [0, 0.05) is 5.54 Å². The summed E-state index contributed by atoms with van der Waals surface area (Å²) in [5.41, 5.74) is 7.88. The van der Waals surface area contributed by atoms with Gasteiger partial charge in [0.1, 0.15) is 12.4 Å². The van der Waals surface area contributed by atoms with Crippen molar-refractivity contribution in [2.45, 2.75) is 25.3 Å². The molecule has 0 aliphatic heterocycles. The lowest BCUT2D eigenvalue weighted by Gasteiger charge is -2.15. The Morgan fingerprint density at radius 3 is 2.81 bits per heavy atom. The number of nitrogens with two attached hydrogens (primary N) is 1. The molecule has 0 atom stereocenters. The van der Waals surface area contributed by atoms with Crippen LogP contribution in [-0.4, -0.2) is 6.61 Å². The summed E-state index contributed by atoms with van der Waals surface area (Å²) in [4.78, 5) is 0. The first kappa shape index (κ1) is 11.5. The SMILES string of the molecule is C=C(C)COc1cccc(C2(N)CC2)c1Cl. The molecular weight excluding hydrogens is 222 g/mol. The van der Waals surface area contributed by atoms with Crippen LogP contribution in [0.25, 0.3) is 0 Å². The predicted molar refractivity (Wildman–Crippen MR) is 66.9 cm³/mol. The van der Waals surface area contributed by atoms with E-state index >= 15 is 0 Å². The lowest BCUT2D eigenvalue weighted by molar-refractivity contribution is 0.352. The fourth-order valence-electron chi connectivity index (χ4n) is 1.61. The van der Waals surface area contributed by atoms with Crippen LogP contribution in [0.4, 0.5) is 0 Å². The second kappa shape index (κ2) is 4.11. The smallest absolute Gasteiger partial charge is 0.138 e. The molecule has 86 valence electrons. The van der Waals surface area contributed by atoms with Gasteiger partial charge in [0.15, 0.2) is 0 Å².